The lowest BCUT2D eigenvalue weighted by molar-refractivity contribution is 0.0664. The molecule has 0 radical (unpaired) electrons. The Labute approximate surface area is 220 Å². The zero-order chi connectivity index (χ0) is 26.4. The highest BCUT2D eigenvalue weighted by Crippen LogP contribution is 2.52. The molecular formula is C30H27FN6O. The molecule has 1 unspecified atom stereocenters. The summed E-state index contributed by atoms with van der Waals surface area (Å²) in [6.45, 7) is 3.58. The number of aliphatic hydroxyl groups excluding tert-OH is 1. The Kier molecular flexibility index (Phi) is 5.88. The Morgan fingerprint density at radius 3 is 2.66 bits per heavy atom. The molecule has 1 aromatic carbocycles. The van der Waals surface area contributed by atoms with Gasteiger partial charge in [0.15, 0.2) is 0 Å². The van der Waals surface area contributed by atoms with Crippen molar-refractivity contribution in [3.63, 3.8) is 0 Å². The molecule has 0 bridgehead atoms. The van der Waals surface area contributed by atoms with Gasteiger partial charge in [-0.25, -0.2) is 19.0 Å². The topological polar surface area (TPSA) is 101 Å². The second kappa shape index (κ2) is 9.26. The van der Waals surface area contributed by atoms with Crippen molar-refractivity contribution in [3.05, 3.63) is 89.8 Å². The van der Waals surface area contributed by atoms with Gasteiger partial charge in [-0.05, 0) is 66.1 Å². The first-order valence-corrected chi connectivity index (χ1v) is 12.8. The maximum absolute atomic E-state index is 13.2. The molecule has 0 saturated carbocycles. The van der Waals surface area contributed by atoms with E-state index < -0.39 is 18.2 Å². The highest BCUT2D eigenvalue weighted by molar-refractivity contribution is 5.67. The molecule has 38 heavy (non-hydrogen) atoms. The molecule has 190 valence electrons. The summed E-state index contributed by atoms with van der Waals surface area (Å²) >= 11 is 0. The number of alkyl halides is 1. The van der Waals surface area contributed by atoms with Crippen LogP contribution in [0.25, 0.3) is 28.2 Å². The lowest BCUT2D eigenvalue weighted by Crippen LogP contribution is -2.47. The van der Waals surface area contributed by atoms with Crippen LogP contribution in [0.2, 0.25) is 0 Å². The third-order valence-corrected chi connectivity index (χ3v) is 8.23. The van der Waals surface area contributed by atoms with E-state index in [0.717, 1.165) is 52.3 Å². The lowest BCUT2D eigenvalue weighted by atomic mass is 9.57. The van der Waals surface area contributed by atoms with Gasteiger partial charge in [-0.1, -0.05) is 32.1 Å². The number of aromatic nitrogens is 5. The van der Waals surface area contributed by atoms with Gasteiger partial charge in [-0.15, -0.1) is 0 Å². The SMILES string of the molecule is C[C@H]1C(O)C(C#N)=C[C@@]2(C)c3c(c(-c4ccncn4)nn3-c3ccc(-c4ccnc(CF)c4)cc3)CC[C@H]12. The number of rotatable bonds is 4. The number of pyridine rings is 1. The van der Waals surface area contributed by atoms with Crippen LogP contribution in [0, 0.1) is 23.2 Å². The summed E-state index contributed by atoms with van der Waals surface area (Å²) < 4.78 is 15.1. The second-order valence-electron chi connectivity index (χ2n) is 10.3. The van der Waals surface area contributed by atoms with E-state index in [2.05, 4.69) is 27.9 Å². The molecule has 1 N–H and O–H groups in total. The molecule has 0 saturated heterocycles. The fourth-order valence-corrected chi connectivity index (χ4v) is 6.36. The van der Waals surface area contributed by atoms with Gasteiger partial charge in [-0.3, -0.25) is 4.98 Å². The minimum atomic E-state index is -0.772. The number of hydrogen-bond donors (Lipinski definition) is 1. The molecule has 0 spiro atoms. The Hall–Kier alpha value is -4.22. The van der Waals surface area contributed by atoms with Gasteiger partial charge in [0.05, 0.1) is 40.5 Å². The number of nitrogens with zero attached hydrogens (tertiary/aromatic N) is 6. The number of hydrogen-bond acceptors (Lipinski definition) is 6. The Morgan fingerprint density at radius 1 is 1.13 bits per heavy atom. The molecule has 6 rings (SSSR count). The molecule has 4 atom stereocenters. The third kappa shape index (κ3) is 3.74. The fraction of sp³-hybridized carbons (Fsp3) is 0.300. The minimum absolute atomic E-state index is 0.0718. The van der Waals surface area contributed by atoms with Crippen molar-refractivity contribution in [1.29, 1.82) is 5.26 Å². The first-order chi connectivity index (χ1) is 18.4. The first-order valence-electron chi connectivity index (χ1n) is 12.8. The van der Waals surface area contributed by atoms with Crippen molar-refractivity contribution in [2.24, 2.45) is 11.8 Å². The maximum atomic E-state index is 13.2. The molecule has 0 aliphatic heterocycles. The van der Waals surface area contributed by atoms with Crippen LogP contribution in [0.5, 0.6) is 0 Å². The van der Waals surface area contributed by atoms with Crippen LogP contribution in [0.3, 0.4) is 0 Å². The lowest BCUT2D eigenvalue weighted by Gasteiger charge is -2.47. The van der Waals surface area contributed by atoms with Crippen molar-refractivity contribution in [3.8, 4) is 34.3 Å². The number of benzene rings is 1. The average molecular weight is 507 g/mol. The van der Waals surface area contributed by atoms with Crippen molar-refractivity contribution < 1.29 is 9.50 Å². The number of fused-ring (bicyclic) bond motifs is 3. The minimum Gasteiger partial charge on any atom is -0.387 e. The quantitative estimate of drug-likeness (QED) is 0.411. The molecule has 2 aliphatic rings. The van der Waals surface area contributed by atoms with Gasteiger partial charge in [0, 0.05) is 23.4 Å². The monoisotopic (exact) mass is 506 g/mol. The summed E-state index contributed by atoms with van der Waals surface area (Å²) in [5, 5.41) is 25.7. The highest BCUT2D eigenvalue weighted by Gasteiger charge is 2.50. The summed E-state index contributed by atoms with van der Waals surface area (Å²) in [6, 6.07) is 15.7. The van der Waals surface area contributed by atoms with Gasteiger partial charge in [0.25, 0.3) is 0 Å². The molecule has 4 aromatic rings. The summed E-state index contributed by atoms with van der Waals surface area (Å²) in [5.41, 5.74) is 6.69. The molecule has 3 aromatic heterocycles. The normalized spacial score (nSPS) is 24.2. The number of allylic oxidation sites excluding steroid dienone is 1. The summed E-state index contributed by atoms with van der Waals surface area (Å²) in [6.07, 6.45) is 7.70. The van der Waals surface area contributed by atoms with Crippen LogP contribution in [-0.4, -0.2) is 35.9 Å². The van der Waals surface area contributed by atoms with E-state index in [0.29, 0.717) is 11.3 Å². The number of halogens is 1. The van der Waals surface area contributed by atoms with E-state index in [4.69, 9.17) is 5.10 Å². The van der Waals surface area contributed by atoms with Gasteiger partial charge in [0.1, 0.15) is 18.7 Å². The van der Waals surface area contributed by atoms with E-state index in [9.17, 15) is 14.8 Å². The molecule has 7 nitrogen and oxygen atoms in total. The summed E-state index contributed by atoms with van der Waals surface area (Å²) in [7, 11) is 0. The van der Waals surface area contributed by atoms with E-state index in [-0.39, 0.29) is 11.8 Å². The van der Waals surface area contributed by atoms with Crippen molar-refractivity contribution in [1.82, 2.24) is 24.7 Å². The van der Waals surface area contributed by atoms with Crippen LogP contribution in [0.4, 0.5) is 4.39 Å². The predicted octanol–water partition coefficient (Wildman–Crippen LogP) is 5.14. The largest absolute Gasteiger partial charge is 0.387 e. The number of aliphatic hydroxyl groups is 1. The molecule has 0 amide bonds. The van der Waals surface area contributed by atoms with Gasteiger partial charge in [-0.2, -0.15) is 10.4 Å². The Morgan fingerprint density at radius 2 is 1.95 bits per heavy atom. The second-order valence-corrected chi connectivity index (χ2v) is 10.3. The van der Waals surface area contributed by atoms with Crippen LogP contribution in [-0.2, 0) is 18.5 Å². The summed E-state index contributed by atoms with van der Waals surface area (Å²) in [4.78, 5) is 12.6. The van der Waals surface area contributed by atoms with Crippen molar-refractivity contribution in [2.45, 2.75) is 44.9 Å². The van der Waals surface area contributed by atoms with E-state index >= 15 is 0 Å². The maximum Gasteiger partial charge on any atom is 0.131 e. The van der Waals surface area contributed by atoms with E-state index in [1.807, 2.05) is 54.1 Å². The molecular weight excluding hydrogens is 479 g/mol. The van der Waals surface area contributed by atoms with Crippen molar-refractivity contribution >= 4 is 0 Å². The average Bonchev–Trinajstić information content (AvgIpc) is 3.37. The number of nitriles is 1. The van der Waals surface area contributed by atoms with Crippen LogP contribution >= 0.6 is 0 Å². The molecule has 0 fully saturated rings. The standard InChI is InChI=1S/C30H27FN6O/c1-18-25-8-7-24-27(26-10-11-33-17-35-26)36-37(29(24)30(25,2)14-21(16-32)28(18)38)23-5-3-19(4-6-23)20-9-12-34-22(13-20)15-31/h3-6,9-14,17-18,25,28,38H,7-8,15H2,1-2H3/t18-,25-,28?,30-/m1/s1. The van der Waals surface area contributed by atoms with Crippen molar-refractivity contribution in [2.75, 3.05) is 0 Å². The Bertz CT molecular complexity index is 1570. The Balaban J connectivity index is 1.54. The summed E-state index contributed by atoms with van der Waals surface area (Å²) in [5.74, 6) is 0.0726. The van der Waals surface area contributed by atoms with Crippen LogP contribution in [0.15, 0.2) is 72.8 Å². The molecule has 8 heteroatoms. The van der Waals surface area contributed by atoms with Crippen LogP contribution in [0.1, 0.15) is 37.2 Å². The zero-order valence-corrected chi connectivity index (χ0v) is 21.2. The third-order valence-electron chi connectivity index (χ3n) is 8.23. The van der Waals surface area contributed by atoms with E-state index in [1.165, 1.54) is 6.33 Å². The fourth-order valence-electron chi connectivity index (χ4n) is 6.36. The molecule has 3 heterocycles. The smallest absolute Gasteiger partial charge is 0.131 e. The van der Waals surface area contributed by atoms with Gasteiger partial charge in [0.2, 0.25) is 0 Å². The van der Waals surface area contributed by atoms with Gasteiger partial charge >= 0.3 is 0 Å². The highest BCUT2D eigenvalue weighted by atomic mass is 19.1. The zero-order valence-electron chi connectivity index (χ0n) is 21.2. The van der Waals surface area contributed by atoms with E-state index in [1.54, 1.807) is 18.5 Å². The van der Waals surface area contributed by atoms with Gasteiger partial charge < -0.3 is 5.11 Å². The van der Waals surface area contributed by atoms with Crippen LogP contribution < -0.4 is 0 Å². The molecule has 2 aliphatic carbocycles. The predicted molar refractivity (Wildman–Crippen MR) is 141 cm³/mol. The first kappa shape index (κ1) is 24.1.